The van der Waals surface area contributed by atoms with E-state index < -0.39 is 0 Å². The Labute approximate surface area is 120 Å². The summed E-state index contributed by atoms with van der Waals surface area (Å²) in [5.74, 6) is 0.00458. The minimum absolute atomic E-state index is 0.00458. The maximum absolute atomic E-state index is 12.4. The third kappa shape index (κ3) is 4.29. The second-order valence-corrected chi connectivity index (χ2v) is 5.32. The van der Waals surface area contributed by atoms with E-state index in [4.69, 9.17) is 4.74 Å². The van der Waals surface area contributed by atoms with Gasteiger partial charge in [0.05, 0.1) is 12.3 Å². The summed E-state index contributed by atoms with van der Waals surface area (Å²) in [6.07, 6.45) is 1.76. The molecule has 0 aliphatic carbocycles. The summed E-state index contributed by atoms with van der Waals surface area (Å²) in [5, 5.41) is 4.78. The fourth-order valence-electron chi connectivity index (χ4n) is 1.53. The Morgan fingerprint density at radius 2 is 2.28 bits per heavy atom. The van der Waals surface area contributed by atoms with Crippen molar-refractivity contribution >= 4 is 33.4 Å². The van der Waals surface area contributed by atoms with Crippen molar-refractivity contribution in [2.75, 3.05) is 32.1 Å². The molecule has 0 atom stereocenters. The van der Waals surface area contributed by atoms with Gasteiger partial charge in [-0.3, -0.25) is 4.79 Å². The van der Waals surface area contributed by atoms with Gasteiger partial charge in [-0.1, -0.05) is 33.8 Å². The minimum atomic E-state index is 0.00458. The van der Waals surface area contributed by atoms with E-state index in [0.29, 0.717) is 24.6 Å². The lowest BCUT2D eigenvalue weighted by molar-refractivity contribution is 0.0712. The van der Waals surface area contributed by atoms with Crippen molar-refractivity contribution in [1.82, 2.24) is 14.5 Å². The number of aryl methyl sites for hydroxylation is 1. The van der Waals surface area contributed by atoms with Crippen molar-refractivity contribution in [1.29, 1.82) is 0 Å². The highest BCUT2D eigenvalue weighted by Crippen LogP contribution is 2.15. The third-order valence-corrected chi connectivity index (χ3v) is 3.55. The molecule has 0 fully saturated rings. The smallest absolute Gasteiger partial charge is 0.267 e. The minimum Gasteiger partial charge on any atom is -0.383 e. The lowest BCUT2D eigenvalue weighted by Crippen LogP contribution is -2.35. The van der Waals surface area contributed by atoms with Gasteiger partial charge in [-0.05, 0) is 18.0 Å². The highest BCUT2D eigenvalue weighted by Gasteiger charge is 2.21. The SMILES string of the molecule is CCCc1nnsc1C(=O)N(CCBr)CCOC. The van der Waals surface area contributed by atoms with Crippen LogP contribution in [0.4, 0.5) is 0 Å². The first-order chi connectivity index (χ1) is 8.74. The molecule has 0 unspecified atom stereocenters. The van der Waals surface area contributed by atoms with Crippen LogP contribution in [0.1, 0.15) is 28.7 Å². The molecule has 1 aromatic heterocycles. The van der Waals surface area contributed by atoms with Crippen LogP contribution < -0.4 is 0 Å². The second-order valence-electron chi connectivity index (χ2n) is 3.77. The van der Waals surface area contributed by atoms with E-state index in [1.165, 1.54) is 11.5 Å². The predicted molar refractivity (Wildman–Crippen MR) is 75.5 cm³/mol. The fourth-order valence-corrected chi connectivity index (χ4v) is 2.64. The van der Waals surface area contributed by atoms with Crippen LogP contribution in [0.15, 0.2) is 0 Å². The molecule has 0 saturated heterocycles. The quantitative estimate of drug-likeness (QED) is 0.681. The molecule has 1 aromatic rings. The number of aromatic nitrogens is 2. The number of carbonyl (C=O) groups is 1. The Kier molecular flexibility index (Phi) is 7.38. The van der Waals surface area contributed by atoms with E-state index in [9.17, 15) is 4.79 Å². The average Bonchev–Trinajstić information content (AvgIpc) is 2.82. The third-order valence-electron chi connectivity index (χ3n) is 2.44. The number of amides is 1. The zero-order valence-electron chi connectivity index (χ0n) is 10.7. The van der Waals surface area contributed by atoms with Gasteiger partial charge in [0.15, 0.2) is 0 Å². The van der Waals surface area contributed by atoms with E-state index in [-0.39, 0.29) is 5.91 Å². The molecule has 1 rings (SSSR count). The summed E-state index contributed by atoms with van der Waals surface area (Å²) in [5.41, 5.74) is 0.810. The van der Waals surface area contributed by atoms with Gasteiger partial charge < -0.3 is 9.64 Å². The highest BCUT2D eigenvalue weighted by molar-refractivity contribution is 9.09. The molecular weight excluding hydrogens is 318 g/mol. The van der Waals surface area contributed by atoms with Crippen LogP contribution in [-0.4, -0.2) is 52.5 Å². The summed E-state index contributed by atoms with van der Waals surface area (Å²) < 4.78 is 8.91. The number of carbonyl (C=O) groups excluding carboxylic acids is 1. The van der Waals surface area contributed by atoms with Crippen molar-refractivity contribution in [2.24, 2.45) is 0 Å². The number of ether oxygens (including phenoxy) is 1. The Balaban J connectivity index is 2.77. The fraction of sp³-hybridized carbons (Fsp3) is 0.727. The van der Waals surface area contributed by atoms with E-state index in [1.807, 2.05) is 0 Å². The Morgan fingerprint density at radius 3 is 2.89 bits per heavy atom. The Bertz CT molecular complexity index is 373. The van der Waals surface area contributed by atoms with E-state index in [1.54, 1.807) is 12.0 Å². The van der Waals surface area contributed by atoms with Gasteiger partial charge in [-0.2, -0.15) is 0 Å². The molecular formula is C11H18BrN3O2S. The van der Waals surface area contributed by atoms with Crippen LogP contribution in [-0.2, 0) is 11.2 Å². The van der Waals surface area contributed by atoms with E-state index in [2.05, 4.69) is 32.4 Å². The molecule has 0 N–H and O–H groups in total. The maximum Gasteiger partial charge on any atom is 0.267 e. The van der Waals surface area contributed by atoms with Crippen molar-refractivity contribution in [3.63, 3.8) is 0 Å². The van der Waals surface area contributed by atoms with Gasteiger partial charge in [-0.25, -0.2) is 0 Å². The molecule has 5 nitrogen and oxygen atoms in total. The molecule has 0 radical (unpaired) electrons. The van der Waals surface area contributed by atoms with Gasteiger partial charge in [0.1, 0.15) is 4.88 Å². The van der Waals surface area contributed by atoms with Crippen molar-refractivity contribution < 1.29 is 9.53 Å². The first kappa shape index (κ1) is 15.5. The molecule has 1 heterocycles. The zero-order chi connectivity index (χ0) is 13.4. The highest BCUT2D eigenvalue weighted by atomic mass is 79.9. The van der Waals surface area contributed by atoms with Gasteiger partial charge >= 0.3 is 0 Å². The number of rotatable bonds is 8. The molecule has 1 amide bonds. The standard InChI is InChI=1S/C11H18BrN3O2S/c1-3-4-9-10(18-14-13-9)11(16)15(6-5-12)7-8-17-2/h3-8H2,1-2H3. The van der Waals surface area contributed by atoms with Crippen molar-refractivity contribution in [2.45, 2.75) is 19.8 Å². The van der Waals surface area contributed by atoms with E-state index in [0.717, 1.165) is 23.9 Å². The number of hydrogen-bond donors (Lipinski definition) is 0. The molecule has 7 heteroatoms. The molecule has 18 heavy (non-hydrogen) atoms. The summed E-state index contributed by atoms with van der Waals surface area (Å²) in [7, 11) is 1.63. The Hall–Kier alpha value is -0.530. The van der Waals surface area contributed by atoms with Gasteiger partial charge in [0.25, 0.3) is 5.91 Å². The monoisotopic (exact) mass is 335 g/mol. The van der Waals surface area contributed by atoms with Crippen molar-refractivity contribution in [3.8, 4) is 0 Å². The van der Waals surface area contributed by atoms with Crippen LogP contribution in [0, 0.1) is 0 Å². The molecule has 0 aliphatic rings. The van der Waals surface area contributed by atoms with Crippen LogP contribution in [0.3, 0.4) is 0 Å². The number of alkyl halides is 1. The lowest BCUT2D eigenvalue weighted by atomic mass is 10.2. The van der Waals surface area contributed by atoms with Gasteiger partial charge in [0.2, 0.25) is 0 Å². The van der Waals surface area contributed by atoms with Gasteiger partial charge in [-0.15, -0.1) is 5.10 Å². The van der Waals surface area contributed by atoms with E-state index >= 15 is 0 Å². The summed E-state index contributed by atoms with van der Waals surface area (Å²) >= 11 is 4.54. The lowest BCUT2D eigenvalue weighted by Gasteiger charge is -2.20. The van der Waals surface area contributed by atoms with Crippen LogP contribution in [0.2, 0.25) is 0 Å². The summed E-state index contributed by atoms with van der Waals surface area (Å²) in [6.45, 7) is 3.85. The predicted octanol–water partition coefficient (Wildman–Crippen LogP) is 1.97. The van der Waals surface area contributed by atoms with Gasteiger partial charge in [0, 0.05) is 25.5 Å². The molecule has 102 valence electrons. The van der Waals surface area contributed by atoms with Crippen LogP contribution in [0.5, 0.6) is 0 Å². The molecule has 0 aromatic carbocycles. The van der Waals surface area contributed by atoms with Crippen LogP contribution in [0.25, 0.3) is 0 Å². The number of hydrogen-bond acceptors (Lipinski definition) is 5. The first-order valence-corrected chi connectivity index (χ1v) is 7.79. The maximum atomic E-state index is 12.4. The number of nitrogens with zero attached hydrogens (tertiary/aromatic N) is 3. The largest absolute Gasteiger partial charge is 0.383 e. The molecule has 0 bridgehead atoms. The summed E-state index contributed by atoms with van der Waals surface area (Å²) in [6, 6.07) is 0. The second kappa shape index (κ2) is 8.55. The molecule has 0 saturated carbocycles. The molecule has 0 aliphatic heterocycles. The number of methoxy groups -OCH3 is 1. The van der Waals surface area contributed by atoms with Crippen LogP contribution >= 0.6 is 27.5 Å². The number of halogens is 1. The molecule has 0 spiro atoms. The zero-order valence-corrected chi connectivity index (χ0v) is 13.1. The topological polar surface area (TPSA) is 55.3 Å². The van der Waals surface area contributed by atoms with Crippen molar-refractivity contribution in [3.05, 3.63) is 10.6 Å². The normalized spacial score (nSPS) is 10.6. The first-order valence-electron chi connectivity index (χ1n) is 5.90. The summed E-state index contributed by atoms with van der Waals surface area (Å²) in [4.78, 5) is 14.8. The average molecular weight is 336 g/mol. The Morgan fingerprint density at radius 1 is 1.50 bits per heavy atom.